The summed E-state index contributed by atoms with van der Waals surface area (Å²) in [6.07, 6.45) is 0. The lowest BCUT2D eigenvalue weighted by atomic mass is 9.95. The molecule has 3 nitrogen and oxygen atoms in total. The van der Waals surface area contributed by atoms with Crippen molar-refractivity contribution in [3.05, 3.63) is 102 Å². The third-order valence-corrected chi connectivity index (χ3v) is 7.72. The van der Waals surface area contributed by atoms with Crippen molar-refractivity contribution in [2.75, 3.05) is 0 Å². The molecule has 0 radical (unpaired) electrons. The Morgan fingerprint density at radius 1 is 0.690 bits per heavy atom. The highest BCUT2D eigenvalue weighted by molar-refractivity contribution is 6.84. The van der Waals surface area contributed by atoms with Gasteiger partial charge in [-0.3, -0.25) is 9.59 Å². The lowest BCUT2D eigenvalue weighted by Crippen LogP contribution is -2.53. The van der Waals surface area contributed by atoms with Crippen LogP contribution in [-0.2, 0) is 4.43 Å². The van der Waals surface area contributed by atoms with Crippen LogP contribution in [0, 0.1) is 0 Å². The average molecular weight is 403 g/mol. The van der Waals surface area contributed by atoms with Gasteiger partial charge in [0.2, 0.25) is 8.32 Å². The summed E-state index contributed by atoms with van der Waals surface area (Å²) >= 11 is 0. The molecule has 148 valence electrons. The Hall–Kier alpha value is -2.82. The summed E-state index contributed by atoms with van der Waals surface area (Å²) in [5, 5.41) is 1.14. The number of hydrogen-bond acceptors (Lipinski definition) is 3. The first-order chi connectivity index (χ1) is 13.7. The molecule has 0 aromatic heterocycles. The summed E-state index contributed by atoms with van der Waals surface area (Å²) in [6, 6.07) is 26.0. The van der Waals surface area contributed by atoms with E-state index in [2.05, 4.69) is 25.2 Å². The highest BCUT2D eigenvalue weighted by Gasteiger charge is 2.38. The molecule has 29 heavy (non-hydrogen) atoms. The second kappa shape index (κ2) is 8.27. The molecule has 0 atom stereocenters. The molecule has 4 heteroatoms. The topological polar surface area (TPSA) is 43.4 Å². The zero-order chi connectivity index (χ0) is 21.1. The number of ketones is 2. The summed E-state index contributed by atoms with van der Waals surface area (Å²) < 4.78 is 6.40. The largest absolute Gasteiger partial charge is 0.401 e. The first kappa shape index (κ1) is 20.9. The maximum Gasteiger partial charge on any atom is 0.219 e. The minimum atomic E-state index is -2.26. The van der Waals surface area contributed by atoms with Crippen LogP contribution in [0.5, 0.6) is 0 Å². The van der Waals surface area contributed by atoms with Gasteiger partial charge in [0.15, 0.2) is 11.6 Å². The summed E-state index contributed by atoms with van der Waals surface area (Å²) in [5.74, 6) is -0.148. The van der Waals surface area contributed by atoms with E-state index in [1.807, 2.05) is 50.2 Å². The summed E-state index contributed by atoms with van der Waals surface area (Å²) in [4.78, 5) is 25.7. The summed E-state index contributed by atoms with van der Waals surface area (Å²) in [6.45, 7) is 7.82. The second-order valence-electron chi connectivity index (χ2n) is 8.09. The van der Waals surface area contributed by atoms with Crippen molar-refractivity contribution in [1.29, 1.82) is 0 Å². The normalized spacial score (nSPS) is 11.9. The van der Waals surface area contributed by atoms with Crippen molar-refractivity contribution in [3.8, 4) is 0 Å². The molecule has 0 heterocycles. The maximum atomic E-state index is 13.1. The van der Waals surface area contributed by atoms with Crippen LogP contribution in [0.2, 0.25) is 13.1 Å². The molecule has 0 bridgehead atoms. The Kier molecular flexibility index (Phi) is 5.96. The van der Waals surface area contributed by atoms with Gasteiger partial charge in [-0.25, -0.2) is 0 Å². The average Bonchev–Trinajstić information content (AvgIpc) is 2.73. The number of carbonyl (C=O) groups is 2. The van der Waals surface area contributed by atoms with Crippen LogP contribution in [0.3, 0.4) is 0 Å². The van der Waals surface area contributed by atoms with Gasteiger partial charge in [-0.1, -0.05) is 84.9 Å². The van der Waals surface area contributed by atoms with Gasteiger partial charge in [0.25, 0.3) is 0 Å². The van der Waals surface area contributed by atoms with E-state index < -0.39 is 13.9 Å². The molecule has 0 amide bonds. The van der Waals surface area contributed by atoms with Gasteiger partial charge in [0.05, 0.1) is 0 Å². The number of carbonyl (C=O) groups excluding carboxylic acids is 2. The molecule has 3 aromatic rings. The molecular weight excluding hydrogens is 376 g/mol. The van der Waals surface area contributed by atoms with Crippen molar-refractivity contribution in [2.45, 2.75) is 32.5 Å². The van der Waals surface area contributed by atoms with E-state index in [-0.39, 0.29) is 11.6 Å². The van der Waals surface area contributed by atoms with Gasteiger partial charge >= 0.3 is 0 Å². The van der Waals surface area contributed by atoms with Crippen LogP contribution in [0.25, 0.3) is 0 Å². The minimum Gasteiger partial charge on any atom is -0.401 e. The Bertz CT molecular complexity index is 991. The predicted molar refractivity (Wildman–Crippen MR) is 119 cm³/mol. The van der Waals surface area contributed by atoms with Crippen molar-refractivity contribution < 1.29 is 14.0 Å². The van der Waals surface area contributed by atoms with E-state index in [1.54, 1.807) is 36.4 Å². The van der Waals surface area contributed by atoms with Crippen LogP contribution >= 0.6 is 0 Å². The van der Waals surface area contributed by atoms with Crippen molar-refractivity contribution in [1.82, 2.24) is 0 Å². The SMILES string of the molecule is CC(C)(O[Si](C)(C)c1ccccc1)C(=O)c1ccc(C(=O)c2ccccc2)cc1. The monoisotopic (exact) mass is 402 g/mol. The standard InChI is InChI=1S/C25H26O3Si/c1-25(2,28-29(3,4)22-13-9-6-10-14-22)24(27)21-17-15-20(16-18-21)23(26)19-11-7-5-8-12-19/h5-18H,1-4H3. The zero-order valence-corrected chi connectivity index (χ0v) is 18.3. The van der Waals surface area contributed by atoms with Crippen LogP contribution in [0.15, 0.2) is 84.9 Å². The minimum absolute atomic E-state index is 0.0577. The highest BCUT2D eigenvalue weighted by atomic mass is 28.4. The van der Waals surface area contributed by atoms with E-state index in [9.17, 15) is 9.59 Å². The second-order valence-corrected chi connectivity index (χ2v) is 11.9. The maximum absolute atomic E-state index is 13.1. The molecule has 0 N–H and O–H groups in total. The van der Waals surface area contributed by atoms with E-state index in [0.29, 0.717) is 16.7 Å². The third kappa shape index (κ3) is 4.78. The molecular formula is C25H26O3Si. The molecule has 0 aliphatic carbocycles. The van der Waals surface area contributed by atoms with Crippen LogP contribution in [-0.4, -0.2) is 25.5 Å². The highest BCUT2D eigenvalue weighted by Crippen LogP contribution is 2.23. The van der Waals surface area contributed by atoms with Gasteiger partial charge < -0.3 is 4.43 Å². The lowest BCUT2D eigenvalue weighted by molar-refractivity contribution is 0.0564. The van der Waals surface area contributed by atoms with E-state index >= 15 is 0 Å². The molecule has 0 fully saturated rings. The molecule has 0 spiro atoms. The van der Waals surface area contributed by atoms with E-state index in [0.717, 1.165) is 5.19 Å². The molecule has 0 aliphatic heterocycles. The quantitative estimate of drug-likeness (QED) is 0.412. The molecule has 0 aliphatic rings. The van der Waals surface area contributed by atoms with Gasteiger partial charge in [0, 0.05) is 16.7 Å². The molecule has 3 aromatic carbocycles. The molecule has 0 saturated heterocycles. The van der Waals surface area contributed by atoms with Crippen LogP contribution < -0.4 is 5.19 Å². The Labute approximate surface area is 173 Å². The van der Waals surface area contributed by atoms with Crippen molar-refractivity contribution in [3.63, 3.8) is 0 Å². The predicted octanol–water partition coefficient (Wildman–Crippen LogP) is 5.01. The van der Waals surface area contributed by atoms with Crippen molar-refractivity contribution in [2.24, 2.45) is 0 Å². The molecule has 0 unspecified atom stereocenters. The smallest absolute Gasteiger partial charge is 0.219 e. The molecule has 3 rings (SSSR count). The van der Waals surface area contributed by atoms with E-state index in [4.69, 9.17) is 4.43 Å². The molecule has 0 saturated carbocycles. The number of rotatable bonds is 7. The Morgan fingerprint density at radius 2 is 1.14 bits per heavy atom. The van der Waals surface area contributed by atoms with Gasteiger partial charge in [-0.15, -0.1) is 0 Å². The van der Waals surface area contributed by atoms with Crippen LogP contribution in [0.1, 0.15) is 40.1 Å². The van der Waals surface area contributed by atoms with Crippen molar-refractivity contribution >= 4 is 25.1 Å². The zero-order valence-electron chi connectivity index (χ0n) is 17.3. The van der Waals surface area contributed by atoms with Gasteiger partial charge in [-0.05, 0) is 32.1 Å². The first-order valence-electron chi connectivity index (χ1n) is 9.71. The first-order valence-corrected chi connectivity index (χ1v) is 12.6. The van der Waals surface area contributed by atoms with Gasteiger partial charge in [0.1, 0.15) is 5.60 Å². The fourth-order valence-corrected chi connectivity index (χ4v) is 5.94. The third-order valence-electron chi connectivity index (χ3n) is 4.97. The van der Waals surface area contributed by atoms with Gasteiger partial charge in [-0.2, -0.15) is 0 Å². The number of benzene rings is 3. The Balaban J connectivity index is 1.78. The summed E-state index contributed by atoms with van der Waals surface area (Å²) in [5.41, 5.74) is 0.769. The fraction of sp³-hybridized carbons (Fsp3) is 0.200. The lowest BCUT2D eigenvalue weighted by Gasteiger charge is -2.34. The fourth-order valence-electron chi connectivity index (χ4n) is 3.46. The summed E-state index contributed by atoms with van der Waals surface area (Å²) in [7, 11) is -2.26. The van der Waals surface area contributed by atoms with Crippen LogP contribution in [0.4, 0.5) is 0 Å². The number of Topliss-reactive ketones (excluding diaryl/α,β-unsaturated/α-hetero) is 1. The number of hydrogen-bond donors (Lipinski definition) is 0. The Morgan fingerprint density at radius 3 is 1.69 bits per heavy atom. The van der Waals surface area contributed by atoms with E-state index in [1.165, 1.54) is 0 Å².